The van der Waals surface area contributed by atoms with E-state index in [0.29, 0.717) is 6.92 Å². The molecule has 0 fully saturated rings. The fourth-order valence-corrected chi connectivity index (χ4v) is 2.14. The zero-order chi connectivity index (χ0) is 14.0. The van der Waals surface area contributed by atoms with Crippen molar-refractivity contribution < 1.29 is 27.1 Å². The molecule has 0 amide bonds. The Hall–Kier alpha value is -1.54. The standard InChI is InChI=1S/C10H11F2NO4S/c1-10(11,12)7-2-4-8(5-3-7)18(16,17)13-6-9(14)15/h2-5,13H,6H2,1H3,(H,14,15). The van der Waals surface area contributed by atoms with E-state index in [1.165, 1.54) is 0 Å². The number of carboxylic acids is 1. The fourth-order valence-electron chi connectivity index (χ4n) is 1.17. The minimum atomic E-state index is -3.99. The van der Waals surface area contributed by atoms with Gasteiger partial charge in [0.05, 0.1) is 4.90 Å². The zero-order valence-corrected chi connectivity index (χ0v) is 10.2. The number of nitrogens with one attached hydrogen (secondary N) is 1. The van der Waals surface area contributed by atoms with Gasteiger partial charge >= 0.3 is 5.97 Å². The molecule has 1 aromatic carbocycles. The summed E-state index contributed by atoms with van der Waals surface area (Å²) >= 11 is 0. The molecule has 0 saturated carbocycles. The van der Waals surface area contributed by atoms with E-state index in [4.69, 9.17) is 5.11 Å². The minimum absolute atomic E-state index is 0.267. The molecule has 0 aliphatic rings. The number of hydrogen-bond acceptors (Lipinski definition) is 3. The Kier molecular flexibility index (Phi) is 4.02. The molecule has 18 heavy (non-hydrogen) atoms. The quantitative estimate of drug-likeness (QED) is 0.847. The summed E-state index contributed by atoms with van der Waals surface area (Å²) in [5.74, 6) is -4.40. The molecule has 0 radical (unpaired) electrons. The Morgan fingerprint density at radius 1 is 1.33 bits per heavy atom. The van der Waals surface area contributed by atoms with Gasteiger partial charge in [0.1, 0.15) is 6.54 Å². The van der Waals surface area contributed by atoms with Gasteiger partial charge in [0.2, 0.25) is 10.0 Å². The smallest absolute Gasteiger partial charge is 0.318 e. The highest BCUT2D eigenvalue weighted by atomic mass is 32.2. The van der Waals surface area contributed by atoms with Crippen LogP contribution in [0.1, 0.15) is 12.5 Å². The molecular weight excluding hydrogens is 268 g/mol. The maximum Gasteiger partial charge on any atom is 0.318 e. The van der Waals surface area contributed by atoms with Crippen LogP contribution < -0.4 is 4.72 Å². The SMILES string of the molecule is CC(F)(F)c1ccc(S(=O)(=O)NCC(=O)O)cc1. The van der Waals surface area contributed by atoms with Crippen LogP contribution in [0, 0.1) is 0 Å². The Balaban J connectivity index is 2.95. The molecule has 8 heteroatoms. The summed E-state index contributed by atoms with van der Waals surface area (Å²) in [5.41, 5.74) is -0.320. The first-order valence-electron chi connectivity index (χ1n) is 4.83. The van der Waals surface area contributed by atoms with Crippen LogP contribution in [0.5, 0.6) is 0 Å². The van der Waals surface area contributed by atoms with E-state index in [-0.39, 0.29) is 10.5 Å². The van der Waals surface area contributed by atoms with Crippen LogP contribution in [0.3, 0.4) is 0 Å². The highest BCUT2D eigenvalue weighted by Gasteiger charge is 2.25. The van der Waals surface area contributed by atoms with E-state index in [1.807, 2.05) is 4.72 Å². The van der Waals surface area contributed by atoms with E-state index in [2.05, 4.69) is 0 Å². The lowest BCUT2D eigenvalue weighted by Crippen LogP contribution is -2.29. The molecule has 0 atom stereocenters. The molecule has 1 aromatic rings. The minimum Gasteiger partial charge on any atom is -0.480 e. The summed E-state index contributed by atoms with van der Waals surface area (Å²) in [6.45, 7) is -0.0762. The number of benzene rings is 1. The van der Waals surface area contributed by atoms with Gasteiger partial charge < -0.3 is 5.11 Å². The normalized spacial score (nSPS) is 12.4. The van der Waals surface area contributed by atoms with Crippen molar-refractivity contribution in [2.75, 3.05) is 6.54 Å². The maximum absolute atomic E-state index is 12.9. The van der Waals surface area contributed by atoms with Gasteiger partial charge in [-0.2, -0.15) is 4.72 Å². The first-order chi connectivity index (χ1) is 8.13. The zero-order valence-electron chi connectivity index (χ0n) is 9.35. The van der Waals surface area contributed by atoms with Crippen molar-refractivity contribution in [2.45, 2.75) is 17.7 Å². The van der Waals surface area contributed by atoms with Crippen LogP contribution in [-0.2, 0) is 20.7 Å². The largest absolute Gasteiger partial charge is 0.480 e. The second-order valence-electron chi connectivity index (χ2n) is 3.63. The van der Waals surface area contributed by atoms with Crippen LogP contribution in [0.4, 0.5) is 8.78 Å². The molecule has 0 bridgehead atoms. The monoisotopic (exact) mass is 279 g/mol. The van der Waals surface area contributed by atoms with Crippen molar-refractivity contribution in [1.82, 2.24) is 4.72 Å². The average molecular weight is 279 g/mol. The molecule has 0 aliphatic carbocycles. The molecule has 0 unspecified atom stereocenters. The molecule has 5 nitrogen and oxygen atoms in total. The second-order valence-corrected chi connectivity index (χ2v) is 5.40. The lowest BCUT2D eigenvalue weighted by atomic mass is 10.1. The average Bonchev–Trinajstić information content (AvgIpc) is 2.26. The number of carbonyl (C=O) groups is 1. The van der Waals surface area contributed by atoms with Crippen LogP contribution in [0.25, 0.3) is 0 Å². The van der Waals surface area contributed by atoms with E-state index in [0.717, 1.165) is 24.3 Å². The van der Waals surface area contributed by atoms with Gasteiger partial charge in [-0.1, -0.05) is 12.1 Å². The van der Waals surface area contributed by atoms with E-state index in [9.17, 15) is 22.0 Å². The van der Waals surface area contributed by atoms with E-state index < -0.39 is 28.5 Å². The molecule has 0 aliphatic heterocycles. The van der Waals surface area contributed by atoms with Crippen LogP contribution >= 0.6 is 0 Å². The van der Waals surface area contributed by atoms with E-state index in [1.54, 1.807) is 0 Å². The fraction of sp³-hybridized carbons (Fsp3) is 0.300. The lowest BCUT2D eigenvalue weighted by molar-refractivity contribution is -0.135. The van der Waals surface area contributed by atoms with Crippen LogP contribution in [-0.4, -0.2) is 26.0 Å². The number of rotatable bonds is 5. The Morgan fingerprint density at radius 3 is 2.22 bits per heavy atom. The number of aliphatic carboxylic acids is 1. The van der Waals surface area contributed by atoms with Gasteiger partial charge in [0.25, 0.3) is 5.92 Å². The summed E-state index contributed by atoms with van der Waals surface area (Å²) in [7, 11) is -3.99. The number of sulfonamides is 1. The first kappa shape index (κ1) is 14.5. The number of hydrogen-bond donors (Lipinski definition) is 2. The van der Waals surface area contributed by atoms with Crippen LogP contribution in [0.15, 0.2) is 29.2 Å². The van der Waals surface area contributed by atoms with Gasteiger partial charge in [-0.05, 0) is 12.1 Å². The van der Waals surface area contributed by atoms with Gasteiger partial charge in [-0.25, -0.2) is 17.2 Å². The topological polar surface area (TPSA) is 83.5 Å². The molecule has 0 aromatic heterocycles. The van der Waals surface area contributed by atoms with Crippen molar-refractivity contribution >= 4 is 16.0 Å². The summed E-state index contributed by atoms with van der Waals surface area (Å²) in [6.07, 6.45) is 0. The summed E-state index contributed by atoms with van der Waals surface area (Å²) in [5, 5.41) is 8.35. The Labute approximate surface area is 102 Å². The number of carboxylic acid groups (broad SMARTS) is 1. The van der Waals surface area contributed by atoms with E-state index >= 15 is 0 Å². The summed E-state index contributed by atoms with van der Waals surface area (Å²) in [6, 6.07) is 3.96. The van der Waals surface area contributed by atoms with Gasteiger partial charge in [0.15, 0.2) is 0 Å². The molecule has 100 valence electrons. The number of alkyl halides is 2. The lowest BCUT2D eigenvalue weighted by Gasteiger charge is -2.11. The summed E-state index contributed by atoms with van der Waals surface area (Å²) < 4.78 is 50.7. The predicted molar refractivity (Wildman–Crippen MR) is 58.8 cm³/mol. The first-order valence-corrected chi connectivity index (χ1v) is 6.31. The number of halogens is 2. The highest BCUT2D eigenvalue weighted by Crippen LogP contribution is 2.27. The Morgan fingerprint density at radius 2 is 1.83 bits per heavy atom. The third kappa shape index (κ3) is 3.74. The third-order valence-corrected chi connectivity index (χ3v) is 3.50. The maximum atomic E-state index is 12.9. The van der Waals surface area contributed by atoms with Gasteiger partial charge in [-0.3, -0.25) is 4.79 Å². The third-order valence-electron chi connectivity index (χ3n) is 2.08. The summed E-state index contributed by atoms with van der Waals surface area (Å²) in [4.78, 5) is 9.97. The molecule has 0 heterocycles. The molecule has 1 rings (SSSR count). The Bertz CT molecular complexity index is 534. The van der Waals surface area contributed by atoms with Crippen molar-refractivity contribution in [1.29, 1.82) is 0 Å². The van der Waals surface area contributed by atoms with Crippen LogP contribution in [0.2, 0.25) is 0 Å². The molecular formula is C10H11F2NO4S. The van der Waals surface area contributed by atoms with Gasteiger partial charge in [-0.15, -0.1) is 0 Å². The van der Waals surface area contributed by atoms with Crippen molar-refractivity contribution in [3.63, 3.8) is 0 Å². The van der Waals surface area contributed by atoms with Crippen molar-refractivity contribution in [2.24, 2.45) is 0 Å². The predicted octanol–water partition coefficient (Wildman–Crippen LogP) is 1.16. The van der Waals surface area contributed by atoms with Crippen molar-refractivity contribution in [3.8, 4) is 0 Å². The molecule has 2 N–H and O–H groups in total. The second kappa shape index (κ2) is 4.99. The highest BCUT2D eigenvalue weighted by molar-refractivity contribution is 7.89. The molecule has 0 spiro atoms. The molecule has 0 saturated heterocycles. The van der Waals surface area contributed by atoms with Crippen molar-refractivity contribution in [3.05, 3.63) is 29.8 Å². The van der Waals surface area contributed by atoms with Gasteiger partial charge in [0, 0.05) is 12.5 Å².